The van der Waals surface area contributed by atoms with Gasteiger partial charge in [-0.1, -0.05) is 311 Å². The standard InChI is InChI=1S/C62H120O6/c1-6-7-8-9-10-11-12-13-14-17-23-29-34-39-44-49-54-62(65)68-59(56-67-61(64)53-48-43-38-33-28-24-19-21-26-31-36-41-46-51-58(4)5)55-66-60(63)52-47-42-37-32-27-22-18-15-16-20-25-30-35-40-45-50-57(2)3/h57-59H,6-56H2,1-5H3/t59-/m1/s1. The van der Waals surface area contributed by atoms with E-state index in [1.165, 1.54) is 238 Å². The van der Waals surface area contributed by atoms with Crippen molar-refractivity contribution in [3.8, 4) is 0 Å². The summed E-state index contributed by atoms with van der Waals surface area (Å²) in [6.07, 6.45) is 59.5. The van der Waals surface area contributed by atoms with Gasteiger partial charge in [-0.15, -0.1) is 0 Å². The first-order valence-corrected chi connectivity index (χ1v) is 30.7. The van der Waals surface area contributed by atoms with E-state index in [1.54, 1.807) is 0 Å². The van der Waals surface area contributed by atoms with Gasteiger partial charge in [-0.05, 0) is 31.1 Å². The molecule has 6 nitrogen and oxygen atoms in total. The van der Waals surface area contributed by atoms with Crippen molar-refractivity contribution in [1.29, 1.82) is 0 Å². The molecule has 0 fully saturated rings. The molecule has 68 heavy (non-hydrogen) atoms. The van der Waals surface area contributed by atoms with Gasteiger partial charge in [0.25, 0.3) is 0 Å². The first-order valence-electron chi connectivity index (χ1n) is 30.7. The molecule has 0 aromatic carbocycles. The van der Waals surface area contributed by atoms with Crippen molar-refractivity contribution in [2.75, 3.05) is 13.2 Å². The Morgan fingerprint density at radius 2 is 0.485 bits per heavy atom. The van der Waals surface area contributed by atoms with Crippen LogP contribution in [0.5, 0.6) is 0 Å². The lowest BCUT2D eigenvalue weighted by molar-refractivity contribution is -0.167. The highest BCUT2D eigenvalue weighted by molar-refractivity contribution is 5.71. The van der Waals surface area contributed by atoms with Crippen LogP contribution >= 0.6 is 0 Å². The monoisotopic (exact) mass is 961 g/mol. The Balaban J connectivity index is 4.29. The maximum absolute atomic E-state index is 12.9. The van der Waals surface area contributed by atoms with Gasteiger partial charge >= 0.3 is 17.9 Å². The second-order valence-corrected chi connectivity index (χ2v) is 22.3. The normalized spacial score (nSPS) is 12.0. The van der Waals surface area contributed by atoms with Crippen molar-refractivity contribution < 1.29 is 28.6 Å². The van der Waals surface area contributed by atoms with Gasteiger partial charge in [0.05, 0.1) is 0 Å². The van der Waals surface area contributed by atoms with Crippen molar-refractivity contribution >= 4 is 17.9 Å². The lowest BCUT2D eigenvalue weighted by atomic mass is 10.0. The zero-order valence-corrected chi connectivity index (χ0v) is 46.7. The van der Waals surface area contributed by atoms with Gasteiger partial charge in [0, 0.05) is 19.3 Å². The van der Waals surface area contributed by atoms with E-state index in [9.17, 15) is 14.4 Å². The fraction of sp³-hybridized carbons (Fsp3) is 0.952. The SMILES string of the molecule is CCCCCCCCCCCCCCCCCCC(=O)O[C@H](COC(=O)CCCCCCCCCCCCCCCCCC(C)C)COC(=O)CCCCCCCCCCCCCCCC(C)C. The molecule has 0 unspecified atom stereocenters. The molecular formula is C62H120O6. The maximum atomic E-state index is 12.9. The summed E-state index contributed by atoms with van der Waals surface area (Å²) >= 11 is 0. The predicted molar refractivity (Wildman–Crippen MR) is 293 cm³/mol. The topological polar surface area (TPSA) is 78.9 Å². The summed E-state index contributed by atoms with van der Waals surface area (Å²) in [4.78, 5) is 38.2. The van der Waals surface area contributed by atoms with E-state index in [2.05, 4.69) is 34.6 Å². The fourth-order valence-electron chi connectivity index (χ4n) is 9.58. The van der Waals surface area contributed by atoms with Gasteiger partial charge in [-0.2, -0.15) is 0 Å². The van der Waals surface area contributed by atoms with Crippen LogP contribution in [0.3, 0.4) is 0 Å². The molecule has 0 saturated carbocycles. The third-order valence-corrected chi connectivity index (χ3v) is 14.2. The minimum Gasteiger partial charge on any atom is -0.462 e. The lowest BCUT2D eigenvalue weighted by Gasteiger charge is -2.18. The van der Waals surface area contributed by atoms with Crippen molar-refractivity contribution in [1.82, 2.24) is 0 Å². The smallest absolute Gasteiger partial charge is 0.306 e. The van der Waals surface area contributed by atoms with Crippen LogP contribution in [0.4, 0.5) is 0 Å². The number of carbonyl (C=O) groups is 3. The Hall–Kier alpha value is -1.59. The molecule has 0 amide bonds. The number of unbranched alkanes of at least 4 members (excludes halogenated alkanes) is 41. The Morgan fingerprint density at radius 3 is 0.721 bits per heavy atom. The van der Waals surface area contributed by atoms with Crippen LogP contribution in [0.1, 0.15) is 349 Å². The Kier molecular flexibility index (Phi) is 53.5. The van der Waals surface area contributed by atoms with Gasteiger partial charge < -0.3 is 14.2 Å². The first-order chi connectivity index (χ1) is 33.2. The largest absolute Gasteiger partial charge is 0.462 e. The second kappa shape index (κ2) is 54.7. The van der Waals surface area contributed by atoms with Gasteiger partial charge in [-0.25, -0.2) is 0 Å². The van der Waals surface area contributed by atoms with Crippen LogP contribution in [0.25, 0.3) is 0 Å². The number of hydrogen-bond acceptors (Lipinski definition) is 6. The quantitative estimate of drug-likeness (QED) is 0.0343. The second-order valence-electron chi connectivity index (χ2n) is 22.3. The lowest BCUT2D eigenvalue weighted by Crippen LogP contribution is -2.30. The van der Waals surface area contributed by atoms with Gasteiger partial charge in [0.1, 0.15) is 13.2 Å². The average molecular weight is 962 g/mol. The number of ether oxygens (including phenoxy) is 3. The van der Waals surface area contributed by atoms with Crippen LogP contribution in [0.2, 0.25) is 0 Å². The molecule has 0 aromatic rings. The van der Waals surface area contributed by atoms with E-state index in [1.807, 2.05) is 0 Å². The zero-order chi connectivity index (χ0) is 49.6. The molecule has 0 aliphatic carbocycles. The molecule has 0 saturated heterocycles. The molecule has 0 N–H and O–H groups in total. The van der Waals surface area contributed by atoms with Crippen molar-refractivity contribution in [3.05, 3.63) is 0 Å². The Bertz CT molecular complexity index is 1040. The molecule has 0 spiro atoms. The molecule has 404 valence electrons. The predicted octanol–water partition coefficient (Wildman–Crippen LogP) is 20.4. The fourth-order valence-corrected chi connectivity index (χ4v) is 9.58. The van der Waals surface area contributed by atoms with E-state index in [-0.39, 0.29) is 31.1 Å². The number of esters is 3. The van der Waals surface area contributed by atoms with E-state index in [0.29, 0.717) is 19.3 Å². The molecule has 0 aliphatic rings. The zero-order valence-electron chi connectivity index (χ0n) is 46.7. The van der Waals surface area contributed by atoms with Crippen LogP contribution < -0.4 is 0 Å². The van der Waals surface area contributed by atoms with Crippen LogP contribution in [-0.4, -0.2) is 37.2 Å². The average Bonchev–Trinajstić information content (AvgIpc) is 3.31. The van der Waals surface area contributed by atoms with E-state index < -0.39 is 6.10 Å². The Labute approximate surface area is 425 Å². The molecule has 0 aromatic heterocycles. The summed E-state index contributed by atoms with van der Waals surface area (Å²) in [6.45, 7) is 11.4. The van der Waals surface area contributed by atoms with Crippen molar-refractivity contribution in [2.45, 2.75) is 355 Å². The molecule has 1 atom stereocenters. The molecule has 0 aliphatic heterocycles. The molecule has 0 heterocycles. The maximum Gasteiger partial charge on any atom is 0.306 e. The van der Waals surface area contributed by atoms with E-state index in [0.717, 1.165) is 69.6 Å². The van der Waals surface area contributed by atoms with Crippen molar-refractivity contribution in [3.63, 3.8) is 0 Å². The summed E-state index contributed by atoms with van der Waals surface area (Å²) in [5.74, 6) is 0.855. The molecule has 6 heteroatoms. The molecule has 0 radical (unpaired) electrons. The van der Waals surface area contributed by atoms with Crippen molar-refractivity contribution in [2.24, 2.45) is 11.8 Å². The number of rotatable bonds is 56. The van der Waals surface area contributed by atoms with Crippen LogP contribution in [0, 0.1) is 11.8 Å². The summed E-state index contributed by atoms with van der Waals surface area (Å²) in [6, 6.07) is 0. The summed E-state index contributed by atoms with van der Waals surface area (Å²) in [5, 5.41) is 0. The van der Waals surface area contributed by atoms with E-state index in [4.69, 9.17) is 14.2 Å². The van der Waals surface area contributed by atoms with Gasteiger partial charge in [0.15, 0.2) is 6.10 Å². The minimum absolute atomic E-state index is 0.0621. The summed E-state index contributed by atoms with van der Waals surface area (Å²) < 4.78 is 16.9. The number of hydrogen-bond donors (Lipinski definition) is 0. The first kappa shape index (κ1) is 66.4. The Morgan fingerprint density at radius 1 is 0.279 bits per heavy atom. The number of carbonyl (C=O) groups excluding carboxylic acids is 3. The van der Waals surface area contributed by atoms with Gasteiger partial charge in [-0.3, -0.25) is 14.4 Å². The highest BCUT2D eigenvalue weighted by Crippen LogP contribution is 2.19. The molecule has 0 bridgehead atoms. The highest BCUT2D eigenvalue weighted by atomic mass is 16.6. The van der Waals surface area contributed by atoms with Gasteiger partial charge in [0.2, 0.25) is 0 Å². The van der Waals surface area contributed by atoms with Crippen LogP contribution in [0.15, 0.2) is 0 Å². The van der Waals surface area contributed by atoms with Crippen LogP contribution in [-0.2, 0) is 28.6 Å². The van der Waals surface area contributed by atoms with E-state index >= 15 is 0 Å². The summed E-state index contributed by atoms with van der Waals surface area (Å²) in [5.41, 5.74) is 0. The molecular weight excluding hydrogens is 841 g/mol. The highest BCUT2D eigenvalue weighted by Gasteiger charge is 2.19. The summed E-state index contributed by atoms with van der Waals surface area (Å²) in [7, 11) is 0. The minimum atomic E-state index is -0.763. The third kappa shape index (κ3) is 55.3. The molecule has 0 rings (SSSR count). The third-order valence-electron chi connectivity index (χ3n) is 14.2.